The predicted octanol–water partition coefficient (Wildman–Crippen LogP) is 3.02. The molecule has 1 fully saturated rings. The number of piperidine rings is 1. The fourth-order valence-electron chi connectivity index (χ4n) is 2.65. The molecule has 2 aromatic rings. The first-order valence-electron chi connectivity index (χ1n) is 7.22. The van der Waals surface area contributed by atoms with Gasteiger partial charge in [0.05, 0.1) is 16.5 Å². The first-order chi connectivity index (χ1) is 11.0. The summed E-state index contributed by atoms with van der Waals surface area (Å²) in [5, 5.41) is 22.5. The van der Waals surface area contributed by atoms with Crippen LogP contribution in [0.1, 0.15) is 12.8 Å². The van der Waals surface area contributed by atoms with E-state index in [0.29, 0.717) is 13.0 Å². The maximum atomic E-state index is 11.1. The molecule has 120 valence electrons. The lowest BCUT2D eigenvalue weighted by atomic mass is 9.99. The van der Waals surface area contributed by atoms with Gasteiger partial charge in [0, 0.05) is 36.2 Å². The second kappa shape index (κ2) is 6.33. The van der Waals surface area contributed by atoms with Gasteiger partial charge in [-0.05, 0) is 25.0 Å². The number of carbonyl (C=O) groups is 1. The van der Waals surface area contributed by atoms with Crippen molar-refractivity contribution in [2.45, 2.75) is 12.8 Å². The lowest BCUT2D eigenvalue weighted by Gasteiger charge is -2.30. The first kappa shape index (κ1) is 15.4. The van der Waals surface area contributed by atoms with Crippen molar-refractivity contribution >= 4 is 28.1 Å². The molecule has 7 nitrogen and oxygen atoms in total. The number of hydrogen-bond donors (Lipinski definition) is 1. The van der Waals surface area contributed by atoms with Gasteiger partial charge in [0.2, 0.25) is 0 Å². The number of carboxylic acid groups (broad SMARTS) is 1. The molecule has 3 rings (SSSR count). The second-order valence-electron chi connectivity index (χ2n) is 5.44. The van der Waals surface area contributed by atoms with Crippen molar-refractivity contribution in [3.63, 3.8) is 0 Å². The molecule has 1 aliphatic heterocycles. The van der Waals surface area contributed by atoms with E-state index in [-0.39, 0.29) is 11.6 Å². The molecule has 1 aromatic heterocycles. The van der Waals surface area contributed by atoms with E-state index in [1.807, 2.05) is 10.3 Å². The van der Waals surface area contributed by atoms with Gasteiger partial charge in [0.15, 0.2) is 5.13 Å². The van der Waals surface area contributed by atoms with E-state index in [9.17, 15) is 14.9 Å². The van der Waals surface area contributed by atoms with Crippen LogP contribution in [0.4, 0.5) is 10.8 Å². The van der Waals surface area contributed by atoms with Crippen LogP contribution in [0.5, 0.6) is 0 Å². The number of thiazole rings is 1. The minimum atomic E-state index is -0.762. The van der Waals surface area contributed by atoms with Gasteiger partial charge in [-0.1, -0.05) is 0 Å². The molecular weight excluding hydrogens is 318 g/mol. The van der Waals surface area contributed by atoms with Crippen LogP contribution in [0.25, 0.3) is 11.3 Å². The molecule has 1 N–H and O–H groups in total. The normalized spacial score (nSPS) is 17.9. The number of hydrogen-bond acceptors (Lipinski definition) is 6. The highest BCUT2D eigenvalue weighted by atomic mass is 32.1. The number of carboxylic acids is 1. The number of nitro benzene ring substituents is 1. The maximum absolute atomic E-state index is 11.1. The van der Waals surface area contributed by atoms with Crippen LogP contribution >= 0.6 is 11.3 Å². The van der Waals surface area contributed by atoms with E-state index < -0.39 is 10.9 Å². The van der Waals surface area contributed by atoms with Crippen LogP contribution in [-0.2, 0) is 4.79 Å². The average molecular weight is 333 g/mol. The van der Waals surface area contributed by atoms with Crippen LogP contribution in [-0.4, -0.2) is 34.1 Å². The molecule has 0 spiro atoms. The summed E-state index contributed by atoms with van der Waals surface area (Å²) < 4.78 is 0. The molecule has 0 aliphatic carbocycles. The predicted molar refractivity (Wildman–Crippen MR) is 86.8 cm³/mol. The number of anilines is 1. The average Bonchev–Trinajstić information content (AvgIpc) is 3.05. The summed E-state index contributed by atoms with van der Waals surface area (Å²) in [4.78, 5) is 28.0. The molecule has 8 heteroatoms. The zero-order valence-corrected chi connectivity index (χ0v) is 13.0. The van der Waals surface area contributed by atoms with Crippen LogP contribution in [0.3, 0.4) is 0 Å². The van der Waals surface area contributed by atoms with Gasteiger partial charge < -0.3 is 10.0 Å². The maximum Gasteiger partial charge on any atom is 0.308 e. The van der Waals surface area contributed by atoms with Crippen molar-refractivity contribution in [1.82, 2.24) is 4.98 Å². The number of rotatable bonds is 4. The van der Waals surface area contributed by atoms with E-state index in [1.54, 1.807) is 12.1 Å². The minimum absolute atomic E-state index is 0.0459. The number of nitro groups is 1. The van der Waals surface area contributed by atoms with Crippen molar-refractivity contribution in [3.05, 3.63) is 39.8 Å². The largest absolute Gasteiger partial charge is 0.481 e. The van der Waals surface area contributed by atoms with Crippen molar-refractivity contribution in [2.75, 3.05) is 18.0 Å². The van der Waals surface area contributed by atoms with Gasteiger partial charge in [-0.15, -0.1) is 11.3 Å². The molecule has 2 heterocycles. The van der Waals surface area contributed by atoms with Crippen LogP contribution < -0.4 is 4.90 Å². The highest BCUT2D eigenvalue weighted by Crippen LogP contribution is 2.31. The Labute approximate surface area is 136 Å². The van der Waals surface area contributed by atoms with Gasteiger partial charge in [0.1, 0.15) is 0 Å². The molecule has 1 aromatic carbocycles. The molecule has 1 saturated heterocycles. The van der Waals surface area contributed by atoms with Gasteiger partial charge in [-0.2, -0.15) is 0 Å². The summed E-state index contributed by atoms with van der Waals surface area (Å²) in [6, 6.07) is 6.26. The lowest BCUT2D eigenvalue weighted by molar-refractivity contribution is -0.384. The number of aromatic nitrogens is 1. The van der Waals surface area contributed by atoms with Crippen LogP contribution in [0.2, 0.25) is 0 Å². The fraction of sp³-hybridized carbons (Fsp3) is 0.333. The zero-order valence-electron chi connectivity index (χ0n) is 12.2. The smallest absolute Gasteiger partial charge is 0.308 e. The van der Waals surface area contributed by atoms with Crippen LogP contribution in [0, 0.1) is 16.0 Å². The summed E-state index contributed by atoms with van der Waals surface area (Å²) in [5.41, 5.74) is 1.60. The van der Waals surface area contributed by atoms with E-state index in [0.717, 1.165) is 29.4 Å². The summed E-state index contributed by atoms with van der Waals surface area (Å²) in [6.45, 7) is 1.28. The third-order valence-electron chi connectivity index (χ3n) is 3.91. The van der Waals surface area contributed by atoms with Gasteiger partial charge in [0.25, 0.3) is 5.69 Å². The Morgan fingerprint density at radius 1 is 1.39 bits per heavy atom. The third kappa shape index (κ3) is 3.31. The Balaban J connectivity index is 1.77. The fourth-order valence-corrected chi connectivity index (χ4v) is 3.52. The lowest BCUT2D eigenvalue weighted by Crippen LogP contribution is -2.38. The Bertz CT molecular complexity index is 729. The number of non-ortho nitro benzene ring substituents is 1. The van der Waals surface area contributed by atoms with E-state index in [4.69, 9.17) is 5.11 Å². The molecule has 1 unspecified atom stereocenters. The van der Waals surface area contributed by atoms with Crippen molar-refractivity contribution in [3.8, 4) is 11.3 Å². The van der Waals surface area contributed by atoms with Crippen molar-refractivity contribution in [1.29, 1.82) is 0 Å². The SMILES string of the molecule is O=C(O)C1CCCN(c2nc(-c3ccc([N+](=O)[O-])cc3)cs2)C1. The van der Waals surface area contributed by atoms with Crippen molar-refractivity contribution in [2.24, 2.45) is 5.92 Å². The highest BCUT2D eigenvalue weighted by molar-refractivity contribution is 7.14. The van der Waals surface area contributed by atoms with E-state index in [1.165, 1.54) is 23.5 Å². The summed E-state index contributed by atoms with van der Waals surface area (Å²) in [5.74, 6) is -1.11. The third-order valence-corrected chi connectivity index (χ3v) is 4.81. The molecule has 1 atom stereocenters. The molecule has 0 bridgehead atoms. The monoisotopic (exact) mass is 333 g/mol. The van der Waals surface area contributed by atoms with E-state index in [2.05, 4.69) is 4.98 Å². The first-order valence-corrected chi connectivity index (χ1v) is 8.10. The number of benzene rings is 1. The summed E-state index contributed by atoms with van der Waals surface area (Å²) >= 11 is 1.46. The van der Waals surface area contributed by atoms with Gasteiger partial charge in [-0.25, -0.2) is 4.98 Å². The Kier molecular flexibility index (Phi) is 4.24. The standard InChI is InChI=1S/C15H15N3O4S/c19-14(20)11-2-1-7-17(8-11)15-16-13(9-23-15)10-3-5-12(6-4-10)18(21)22/h3-6,9,11H,1-2,7-8H2,(H,19,20). The van der Waals surface area contributed by atoms with Crippen LogP contribution in [0.15, 0.2) is 29.6 Å². The quantitative estimate of drug-likeness (QED) is 0.682. The van der Waals surface area contributed by atoms with Gasteiger partial charge in [-0.3, -0.25) is 14.9 Å². The minimum Gasteiger partial charge on any atom is -0.481 e. The summed E-state index contributed by atoms with van der Waals surface area (Å²) in [6.07, 6.45) is 1.54. The number of nitrogens with zero attached hydrogens (tertiary/aromatic N) is 3. The topological polar surface area (TPSA) is 96.6 Å². The Hall–Kier alpha value is -2.48. The molecule has 0 saturated carbocycles. The van der Waals surface area contributed by atoms with E-state index >= 15 is 0 Å². The number of aliphatic carboxylic acids is 1. The zero-order chi connectivity index (χ0) is 16.4. The summed E-state index contributed by atoms with van der Waals surface area (Å²) in [7, 11) is 0. The Morgan fingerprint density at radius 3 is 2.78 bits per heavy atom. The second-order valence-corrected chi connectivity index (χ2v) is 6.28. The molecular formula is C15H15N3O4S. The molecule has 0 radical (unpaired) electrons. The molecule has 1 aliphatic rings. The van der Waals surface area contributed by atoms with Crippen molar-refractivity contribution < 1.29 is 14.8 Å². The Morgan fingerprint density at radius 2 is 2.13 bits per heavy atom. The molecule has 23 heavy (non-hydrogen) atoms. The van der Waals surface area contributed by atoms with Gasteiger partial charge >= 0.3 is 5.97 Å². The molecule has 0 amide bonds. The highest BCUT2D eigenvalue weighted by Gasteiger charge is 2.26.